The number of nitrogens with zero attached hydrogens (tertiary/aromatic N) is 2. The number of aromatic nitrogens is 1. The second-order valence-corrected chi connectivity index (χ2v) is 9.74. The maximum Gasteiger partial charge on any atom is 0.285 e. The van der Waals surface area contributed by atoms with Gasteiger partial charge in [-0.15, -0.1) is 0 Å². The van der Waals surface area contributed by atoms with Crippen LogP contribution in [0.2, 0.25) is 5.02 Å². The molecule has 0 radical (unpaired) electrons. The SMILES string of the molecule is O=C(NN1C(=O)C(=Cc2cn(Cc3ccccc3)c3ccccc23)SC1=S)c1ccccc1Cl. The van der Waals surface area contributed by atoms with Gasteiger partial charge in [0.05, 0.1) is 15.5 Å². The highest BCUT2D eigenvalue weighted by molar-refractivity contribution is 8.26. The lowest BCUT2D eigenvalue weighted by atomic mass is 10.1. The Labute approximate surface area is 211 Å². The van der Waals surface area contributed by atoms with E-state index in [-0.39, 0.29) is 15.8 Å². The van der Waals surface area contributed by atoms with Gasteiger partial charge >= 0.3 is 0 Å². The molecule has 0 saturated carbocycles. The Kier molecular flexibility index (Phi) is 6.24. The van der Waals surface area contributed by atoms with Crippen LogP contribution in [-0.4, -0.2) is 25.7 Å². The number of benzene rings is 3. The van der Waals surface area contributed by atoms with Crippen molar-refractivity contribution in [1.82, 2.24) is 15.0 Å². The number of fused-ring (bicyclic) bond motifs is 1. The fourth-order valence-corrected chi connectivity index (χ4v) is 5.21. The smallest absolute Gasteiger partial charge is 0.285 e. The Morgan fingerprint density at radius 3 is 2.50 bits per heavy atom. The summed E-state index contributed by atoms with van der Waals surface area (Å²) < 4.78 is 2.42. The molecule has 34 heavy (non-hydrogen) atoms. The molecule has 2 amide bonds. The van der Waals surface area contributed by atoms with Crippen LogP contribution in [0.4, 0.5) is 0 Å². The first-order chi connectivity index (χ1) is 16.5. The lowest BCUT2D eigenvalue weighted by molar-refractivity contribution is -0.123. The van der Waals surface area contributed by atoms with E-state index in [1.807, 2.05) is 48.7 Å². The highest BCUT2D eigenvalue weighted by Crippen LogP contribution is 2.34. The molecule has 168 valence electrons. The standard InChI is InChI=1S/C26H18ClN3O2S2/c27-21-12-6-4-11-20(21)24(31)28-30-25(32)23(34-26(30)33)14-18-16-29(15-17-8-2-1-3-9-17)22-13-7-5-10-19(18)22/h1-14,16H,15H2,(H,28,31). The number of rotatable bonds is 5. The van der Waals surface area contributed by atoms with E-state index in [1.165, 1.54) is 5.56 Å². The minimum absolute atomic E-state index is 0.254. The largest absolute Gasteiger partial charge is 0.342 e. The van der Waals surface area contributed by atoms with Crippen molar-refractivity contribution in [1.29, 1.82) is 0 Å². The van der Waals surface area contributed by atoms with Crippen molar-refractivity contribution in [2.24, 2.45) is 0 Å². The summed E-state index contributed by atoms with van der Waals surface area (Å²) in [6.45, 7) is 0.712. The van der Waals surface area contributed by atoms with E-state index in [4.69, 9.17) is 23.8 Å². The number of hydrogen-bond acceptors (Lipinski definition) is 4. The Morgan fingerprint density at radius 1 is 1.00 bits per heavy atom. The van der Waals surface area contributed by atoms with E-state index < -0.39 is 5.91 Å². The lowest BCUT2D eigenvalue weighted by Crippen LogP contribution is -2.44. The third kappa shape index (κ3) is 4.37. The zero-order chi connectivity index (χ0) is 23.7. The molecule has 0 atom stereocenters. The van der Waals surface area contributed by atoms with Crippen LogP contribution >= 0.6 is 35.6 Å². The van der Waals surface area contributed by atoms with Gasteiger partial charge < -0.3 is 4.57 Å². The van der Waals surface area contributed by atoms with Crippen molar-refractivity contribution in [3.63, 3.8) is 0 Å². The summed E-state index contributed by atoms with van der Waals surface area (Å²) >= 11 is 12.6. The summed E-state index contributed by atoms with van der Waals surface area (Å²) in [4.78, 5) is 26.2. The molecule has 5 nitrogen and oxygen atoms in total. The van der Waals surface area contributed by atoms with E-state index in [2.05, 4.69) is 28.2 Å². The third-order valence-corrected chi connectivity index (χ3v) is 7.06. The molecule has 3 aromatic carbocycles. The number of halogens is 1. The number of hydrazine groups is 1. The first kappa shape index (κ1) is 22.4. The van der Waals surface area contributed by atoms with Crippen molar-refractivity contribution in [3.8, 4) is 0 Å². The predicted octanol–water partition coefficient (Wildman–Crippen LogP) is 5.89. The summed E-state index contributed by atoms with van der Waals surface area (Å²) in [5, 5.41) is 2.43. The molecule has 1 aliphatic heterocycles. The zero-order valence-electron chi connectivity index (χ0n) is 17.8. The zero-order valence-corrected chi connectivity index (χ0v) is 20.2. The van der Waals surface area contributed by atoms with Gasteiger partial charge in [-0.2, -0.15) is 5.01 Å². The predicted molar refractivity (Wildman–Crippen MR) is 141 cm³/mol. The molecule has 0 aliphatic carbocycles. The maximum absolute atomic E-state index is 13.1. The molecule has 1 N–H and O–H groups in total. The fourth-order valence-electron chi connectivity index (χ4n) is 3.81. The Hall–Kier alpha value is -3.39. The number of amides is 2. The third-order valence-electron chi connectivity index (χ3n) is 5.43. The highest BCUT2D eigenvalue weighted by Gasteiger charge is 2.34. The van der Waals surface area contributed by atoms with Crippen LogP contribution < -0.4 is 5.43 Å². The molecule has 1 aliphatic rings. The summed E-state index contributed by atoms with van der Waals surface area (Å²) in [5.74, 6) is -0.877. The fraction of sp³-hybridized carbons (Fsp3) is 0.0385. The van der Waals surface area contributed by atoms with Crippen LogP contribution in [0.5, 0.6) is 0 Å². The Bertz CT molecular complexity index is 1460. The number of thioether (sulfide) groups is 1. The van der Waals surface area contributed by atoms with E-state index in [0.29, 0.717) is 16.5 Å². The number of hydrogen-bond donors (Lipinski definition) is 1. The lowest BCUT2D eigenvalue weighted by Gasteiger charge is -2.16. The van der Waals surface area contributed by atoms with Crippen molar-refractivity contribution in [2.75, 3.05) is 0 Å². The van der Waals surface area contributed by atoms with Gasteiger partial charge in [-0.3, -0.25) is 15.0 Å². The minimum Gasteiger partial charge on any atom is -0.342 e. The van der Waals surface area contributed by atoms with Crippen LogP contribution in [0.1, 0.15) is 21.5 Å². The van der Waals surface area contributed by atoms with Crippen LogP contribution in [0.15, 0.2) is 90.0 Å². The monoisotopic (exact) mass is 503 g/mol. The van der Waals surface area contributed by atoms with Gasteiger partial charge in [0.25, 0.3) is 11.8 Å². The number of nitrogens with one attached hydrogen (secondary N) is 1. The Balaban J connectivity index is 1.43. The first-order valence-electron chi connectivity index (χ1n) is 10.5. The van der Waals surface area contributed by atoms with Crippen molar-refractivity contribution in [2.45, 2.75) is 6.54 Å². The summed E-state index contributed by atoms with van der Waals surface area (Å²) in [6, 6.07) is 24.9. The number of carbonyl (C=O) groups is 2. The normalized spacial score (nSPS) is 14.9. The summed E-state index contributed by atoms with van der Waals surface area (Å²) in [5.41, 5.74) is 6.01. The van der Waals surface area contributed by atoms with Gasteiger partial charge in [-0.25, -0.2) is 0 Å². The van der Waals surface area contributed by atoms with Gasteiger partial charge in [0, 0.05) is 29.2 Å². The van der Waals surface area contributed by atoms with Crippen LogP contribution in [0.3, 0.4) is 0 Å². The van der Waals surface area contributed by atoms with Crippen molar-refractivity contribution < 1.29 is 9.59 Å². The summed E-state index contributed by atoms with van der Waals surface area (Å²) in [7, 11) is 0. The molecule has 1 saturated heterocycles. The minimum atomic E-state index is -0.498. The van der Waals surface area contributed by atoms with Gasteiger partial charge in [0.1, 0.15) is 0 Å². The van der Waals surface area contributed by atoms with Crippen molar-refractivity contribution >= 4 is 68.7 Å². The molecule has 4 aromatic rings. The van der Waals surface area contributed by atoms with E-state index in [9.17, 15) is 9.59 Å². The van der Waals surface area contributed by atoms with Crippen LogP contribution in [0.25, 0.3) is 17.0 Å². The highest BCUT2D eigenvalue weighted by atomic mass is 35.5. The van der Waals surface area contributed by atoms with Crippen LogP contribution in [0, 0.1) is 0 Å². The van der Waals surface area contributed by atoms with E-state index in [0.717, 1.165) is 33.2 Å². The quantitative estimate of drug-likeness (QED) is 0.272. The molecular formula is C26H18ClN3O2S2. The summed E-state index contributed by atoms with van der Waals surface area (Å²) in [6.07, 6.45) is 3.86. The Morgan fingerprint density at radius 2 is 1.71 bits per heavy atom. The molecule has 0 unspecified atom stereocenters. The molecular weight excluding hydrogens is 486 g/mol. The van der Waals surface area contributed by atoms with Gasteiger partial charge in [0.2, 0.25) is 0 Å². The van der Waals surface area contributed by atoms with Crippen LogP contribution in [-0.2, 0) is 11.3 Å². The number of thiocarbonyl (C=S) groups is 1. The van der Waals surface area contributed by atoms with Gasteiger partial charge in [-0.05, 0) is 42.1 Å². The van der Waals surface area contributed by atoms with E-state index >= 15 is 0 Å². The molecule has 1 aromatic heterocycles. The second kappa shape index (κ2) is 9.46. The van der Waals surface area contributed by atoms with Gasteiger partial charge in [-0.1, -0.05) is 84.0 Å². The molecule has 5 rings (SSSR count). The average molecular weight is 504 g/mol. The average Bonchev–Trinajstić information content (AvgIpc) is 3.32. The number of para-hydroxylation sites is 1. The molecule has 1 fully saturated rings. The second-order valence-electron chi connectivity index (χ2n) is 7.65. The maximum atomic E-state index is 13.1. The molecule has 0 bridgehead atoms. The van der Waals surface area contributed by atoms with E-state index in [1.54, 1.807) is 24.3 Å². The number of carbonyl (C=O) groups excluding carboxylic acids is 2. The molecule has 2 heterocycles. The van der Waals surface area contributed by atoms with Crippen molar-refractivity contribution in [3.05, 3.63) is 112 Å². The topological polar surface area (TPSA) is 54.3 Å². The molecule has 8 heteroatoms. The van der Waals surface area contributed by atoms with Gasteiger partial charge in [0.15, 0.2) is 4.32 Å². The first-order valence-corrected chi connectivity index (χ1v) is 12.1. The molecule has 0 spiro atoms.